The number of para-hydroxylation sites is 1. The molecule has 37 heavy (non-hydrogen) atoms. The monoisotopic (exact) mass is 527 g/mol. The topological polar surface area (TPSA) is 67.9 Å². The van der Waals surface area contributed by atoms with Crippen LogP contribution in [-0.4, -0.2) is 21.1 Å². The van der Waals surface area contributed by atoms with Crippen LogP contribution in [0.3, 0.4) is 0 Å². The van der Waals surface area contributed by atoms with Crippen molar-refractivity contribution in [3.8, 4) is 5.75 Å². The molecule has 0 N–H and O–H groups in total. The van der Waals surface area contributed by atoms with Crippen molar-refractivity contribution in [2.75, 3.05) is 0 Å². The Hall–Kier alpha value is -4.12. The van der Waals surface area contributed by atoms with Crippen molar-refractivity contribution >= 4 is 22.7 Å². The van der Waals surface area contributed by atoms with Crippen LogP contribution in [0.1, 0.15) is 38.2 Å². The number of benzene rings is 3. The molecule has 0 radical (unpaired) electrons. The number of aromatic nitrogens is 1. The van der Waals surface area contributed by atoms with Gasteiger partial charge in [0.25, 0.3) is 5.91 Å². The molecule has 1 unspecified atom stereocenters. The summed E-state index contributed by atoms with van der Waals surface area (Å²) < 4.78 is 67.2. The minimum absolute atomic E-state index is 0.0427. The first-order valence-corrected chi connectivity index (χ1v) is 11.8. The SMILES string of the molecule is Cc1cnoc1COc1ccccc1C1SC(c2ccc(F)cc2)=NN1C(=O)c1c(F)cc(F)cc1F. The standard InChI is InChI=1S/C26H17F4N3O3S/c1-14-12-31-36-22(14)13-35-21-5-3-2-4-18(21)26-33(25(34)23-19(29)10-17(28)11-20(23)30)32-24(37-26)15-6-8-16(27)9-7-15/h2-12,26H,13H2,1H3. The van der Waals surface area contributed by atoms with Crippen LogP contribution in [0.5, 0.6) is 5.75 Å². The Morgan fingerprint density at radius 1 is 1.03 bits per heavy atom. The highest BCUT2D eigenvalue weighted by atomic mass is 32.2. The number of carbonyl (C=O) groups is 1. The quantitative estimate of drug-likeness (QED) is 0.273. The Morgan fingerprint density at radius 3 is 2.41 bits per heavy atom. The zero-order chi connectivity index (χ0) is 26.1. The molecule has 0 saturated heterocycles. The van der Waals surface area contributed by atoms with Crippen LogP contribution in [0.15, 0.2) is 76.5 Å². The number of nitrogens with zero attached hydrogens (tertiary/aromatic N) is 3. The van der Waals surface area contributed by atoms with Gasteiger partial charge in [0.1, 0.15) is 51.6 Å². The molecule has 0 aliphatic carbocycles. The van der Waals surface area contributed by atoms with Crippen LogP contribution in [0, 0.1) is 30.2 Å². The third-order valence-corrected chi connectivity index (χ3v) is 6.77. The Balaban J connectivity index is 1.54. The maximum Gasteiger partial charge on any atom is 0.281 e. The lowest BCUT2D eigenvalue weighted by molar-refractivity contribution is 0.0737. The first-order chi connectivity index (χ1) is 17.8. The molecular weight excluding hydrogens is 510 g/mol. The molecule has 0 saturated carbocycles. The van der Waals surface area contributed by atoms with Crippen LogP contribution < -0.4 is 4.74 Å². The summed E-state index contributed by atoms with van der Waals surface area (Å²) in [6.45, 7) is 1.85. The third kappa shape index (κ3) is 4.94. The lowest BCUT2D eigenvalue weighted by Crippen LogP contribution is -2.28. The molecule has 6 nitrogen and oxygen atoms in total. The number of rotatable bonds is 6. The largest absolute Gasteiger partial charge is 0.485 e. The lowest BCUT2D eigenvalue weighted by atomic mass is 10.1. The third-order valence-electron chi connectivity index (χ3n) is 5.56. The van der Waals surface area contributed by atoms with Gasteiger partial charge in [0, 0.05) is 28.8 Å². The molecule has 3 aromatic carbocycles. The minimum atomic E-state index is -1.36. The van der Waals surface area contributed by atoms with Gasteiger partial charge in [-0.25, -0.2) is 22.6 Å². The number of hydrazone groups is 1. The molecule has 4 aromatic rings. The Morgan fingerprint density at radius 2 is 1.73 bits per heavy atom. The number of hydrogen-bond donors (Lipinski definition) is 0. The van der Waals surface area contributed by atoms with E-state index in [0.29, 0.717) is 39.8 Å². The van der Waals surface area contributed by atoms with E-state index in [1.165, 1.54) is 24.3 Å². The molecule has 188 valence electrons. The van der Waals surface area contributed by atoms with E-state index < -0.39 is 40.1 Å². The van der Waals surface area contributed by atoms with Gasteiger partial charge in [-0.2, -0.15) is 5.10 Å². The summed E-state index contributed by atoms with van der Waals surface area (Å²) >= 11 is 1.11. The first kappa shape index (κ1) is 24.6. The summed E-state index contributed by atoms with van der Waals surface area (Å²) in [5.74, 6) is -4.59. The van der Waals surface area contributed by atoms with Crippen LogP contribution in [0.2, 0.25) is 0 Å². The Bertz CT molecular complexity index is 1480. The van der Waals surface area contributed by atoms with Gasteiger partial charge in [0.2, 0.25) is 0 Å². The van der Waals surface area contributed by atoms with Gasteiger partial charge in [0.15, 0.2) is 5.76 Å². The fourth-order valence-corrected chi connectivity index (χ4v) is 4.85. The van der Waals surface area contributed by atoms with E-state index >= 15 is 0 Å². The van der Waals surface area contributed by atoms with Crippen molar-refractivity contribution in [3.05, 3.63) is 118 Å². The van der Waals surface area contributed by atoms with E-state index in [0.717, 1.165) is 22.3 Å². The van der Waals surface area contributed by atoms with E-state index in [-0.39, 0.29) is 6.61 Å². The van der Waals surface area contributed by atoms with Gasteiger partial charge >= 0.3 is 0 Å². The first-order valence-electron chi connectivity index (χ1n) is 10.9. The lowest BCUT2D eigenvalue weighted by Gasteiger charge is -2.23. The molecule has 11 heteroatoms. The highest BCUT2D eigenvalue weighted by molar-refractivity contribution is 8.14. The van der Waals surface area contributed by atoms with Crippen molar-refractivity contribution in [1.29, 1.82) is 0 Å². The van der Waals surface area contributed by atoms with E-state index in [2.05, 4.69) is 10.3 Å². The van der Waals surface area contributed by atoms with Crippen LogP contribution >= 0.6 is 11.8 Å². The number of hydrogen-bond acceptors (Lipinski definition) is 6. The normalized spacial score (nSPS) is 15.1. The molecule has 1 aliphatic heterocycles. The molecule has 1 amide bonds. The molecule has 1 atom stereocenters. The predicted molar refractivity (Wildman–Crippen MR) is 128 cm³/mol. The van der Waals surface area contributed by atoms with Crippen LogP contribution in [0.4, 0.5) is 17.6 Å². The summed E-state index contributed by atoms with van der Waals surface area (Å²) in [6.07, 6.45) is 1.55. The molecule has 5 rings (SSSR count). The zero-order valence-corrected chi connectivity index (χ0v) is 19.9. The molecule has 0 bridgehead atoms. The fraction of sp³-hybridized carbons (Fsp3) is 0.115. The van der Waals surface area contributed by atoms with Gasteiger partial charge in [-0.15, -0.1) is 0 Å². The Labute approximate surface area is 212 Å². The second kappa shape index (κ2) is 10.1. The van der Waals surface area contributed by atoms with Crippen molar-refractivity contribution in [2.24, 2.45) is 5.10 Å². The molecule has 0 fully saturated rings. The van der Waals surface area contributed by atoms with Gasteiger partial charge in [-0.1, -0.05) is 35.1 Å². The number of thioether (sulfide) groups is 1. The van der Waals surface area contributed by atoms with Crippen molar-refractivity contribution in [1.82, 2.24) is 10.2 Å². The van der Waals surface area contributed by atoms with E-state index in [1.807, 2.05) is 6.92 Å². The molecular formula is C26H17F4N3O3S. The average molecular weight is 527 g/mol. The predicted octanol–water partition coefficient (Wildman–Crippen LogP) is 6.37. The second-order valence-corrected chi connectivity index (χ2v) is 9.10. The number of amides is 1. The number of carbonyl (C=O) groups excluding carboxylic acids is 1. The highest BCUT2D eigenvalue weighted by Gasteiger charge is 2.38. The van der Waals surface area contributed by atoms with E-state index in [4.69, 9.17) is 9.26 Å². The summed E-state index contributed by atoms with van der Waals surface area (Å²) in [5, 5.41) is 8.34. The maximum atomic E-state index is 14.5. The van der Waals surface area contributed by atoms with Crippen LogP contribution in [-0.2, 0) is 6.61 Å². The van der Waals surface area contributed by atoms with Gasteiger partial charge in [0.05, 0.1) is 6.20 Å². The maximum absolute atomic E-state index is 14.5. The smallest absolute Gasteiger partial charge is 0.281 e. The second-order valence-electron chi connectivity index (χ2n) is 8.03. The molecule has 2 heterocycles. The van der Waals surface area contributed by atoms with Crippen molar-refractivity contribution in [2.45, 2.75) is 18.9 Å². The Kier molecular flexibility index (Phi) is 6.70. The van der Waals surface area contributed by atoms with E-state index in [1.54, 1.807) is 30.5 Å². The van der Waals surface area contributed by atoms with Crippen LogP contribution in [0.25, 0.3) is 0 Å². The summed E-state index contributed by atoms with van der Waals surface area (Å²) in [6, 6.07) is 13.0. The number of aryl methyl sites for hydroxylation is 1. The van der Waals surface area contributed by atoms with E-state index in [9.17, 15) is 22.4 Å². The highest BCUT2D eigenvalue weighted by Crippen LogP contribution is 2.45. The zero-order valence-electron chi connectivity index (χ0n) is 19.1. The minimum Gasteiger partial charge on any atom is -0.485 e. The van der Waals surface area contributed by atoms with Gasteiger partial charge < -0.3 is 9.26 Å². The van der Waals surface area contributed by atoms with Gasteiger partial charge in [-0.05, 0) is 37.3 Å². The molecule has 0 spiro atoms. The summed E-state index contributed by atoms with van der Waals surface area (Å²) in [7, 11) is 0. The van der Waals surface area contributed by atoms with Crippen molar-refractivity contribution in [3.63, 3.8) is 0 Å². The summed E-state index contributed by atoms with van der Waals surface area (Å²) in [4.78, 5) is 13.4. The van der Waals surface area contributed by atoms with Gasteiger partial charge in [-0.3, -0.25) is 4.79 Å². The number of ether oxygens (including phenoxy) is 1. The van der Waals surface area contributed by atoms with Crippen molar-refractivity contribution < 1.29 is 31.6 Å². The molecule has 1 aliphatic rings. The summed E-state index contributed by atoms with van der Waals surface area (Å²) in [5.41, 5.74) is 0.796. The number of halogens is 4. The molecule has 1 aromatic heterocycles. The average Bonchev–Trinajstić information content (AvgIpc) is 3.49. The fourth-order valence-electron chi connectivity index (χ4n) is 3.67.